The quantitative estimate of drug-likeness (QED) is 0.759. The highest BCUT2D eigenvalue weighted by Crippen LogP contribution is 2.23. The highest BCUT2D eigenvalue weighted by molar-refractivity contribution is 5.96. The summed E-state index contributed by atoms with van der Waals surface area (Å²) < 4.78 is 5.25. The Morgan fingerprint density at radius 3 is 2.73 bits per heavy atom. The molecule has 2 amide bonds. The number of benzene rings is 1. The Hall–Kier alpha value is -1.79. The van der Waals surface area contributed by atoms with Gasteiger partial charge >= 0.3 is 0 Å². The average molecular weight is 384 g/mol. The van der Waals surface area contributed by atoms with Crippen molar-refractivity contribution in [3.8, 4) is 5.75 Å². The summed E-state index contributed by atoms with van der Waals surface area (Å²) in [6, 6.07) is 7.61. The predicted molar refractivity (Wildman–Crippen MR) is 106 cm³/mol. The number of rotatable bonds is 7. The van der Waals surface area contributed by atoms with Crippen LogP contribution in [0.3, 0.4) is 0 Å². The van der Waals surface area contributed by atoms with E-state index in [1.54, 1.807) is 24.1 Å². The third kappa shape index (κ3) is 6.18. The Bertz CT molecular complexity index is 597. The van der Waals surface area contributed by atoms with E-state index in [-0.39, 0.29) is 36.7 Å². The molecule has 7 heteroatoms. The molecule has 0 aliphatic carbocycles. The van der Waals surface area contributed by atoms with Gasteiger partial charge in [0.15, 0.2) is 0 Å². The van der Waals surface area contributed by atoms with Gasteiger partial charge in [-0.1, -0.05) is 19.1 Å². The predicted octanol–water partition coefficient (Wildman–Crippen LogP) is 2.68. The van der Waals surface area contributed by atoms with Gasteiger partial charge < -0.3 is 20.3 Å². The molecule has 0 spiro atoms. The van der Waals surface area contributed by atoms with E-state index in [1.807, 2.05) is 19.1 Å². The monoisotopic (exact) mass is 383 g/mol. The Kier molecular flexibility index (Phi) is 9.44. The van der Waals surface area contributed by atoms with Gasteiger partial charge in [-0.25, -0.2) is 0 Å². The van der Waals surface area contributed by atoms with Crippen LogP contribution in [0.4, 0.5) is 5.69 Å². The van der Waals surface area contributed by atoms with Gasteiger partial charge in [-0.05, 0) is 44.9 Å². The number of amides is 2. The fraction of sp³-hybridized carbons (Fsp3) is 0.579. The number of ether oxygens (including phenoxy) is 1. The van der Waals surface area contributed by atoms with Crippen LogP contribution in [-0.4, -0.2) is 49.5 Å². The molecule has 0 aromatic heterocycles. The Balaban J connectivity index is 0.00000338. The van der Waals surface area contributed by atoms with Crippen LogP contribution in [0, 0.1) is 5.92 Å². The van der Waals surface area contributed by atoms with E-state index in [9.17, 15) is 9.59 Å². The minimum Gasteiger partial charge on any atom is -0.495 e. The fourth-order valence-corrected chi connectivity index (χ4v) is 3.26. The molecule has 1 saturated heterocycles. The summed E-state index contributed by atoms with van der Waals surface area (Å²) in [6.45, 7) is 5.63. The lowest BCUT2D eigenvalue weighted by Crippen LogP contribution is -2.46. The normalized spacial score (nSPS) is 19.2. The van der Waals surface area contributed by atoms with Gasteiger partial charge in [0.1, 0.15) is 5.75 Å². The van der Waals surface area contributed by atoms with E-state index in [4.69, 9.17) is 4.74 Å². The second kappa shape index (κ2) is 11.0. The summed E-state index contributed by atoms with van der Waals surface area (Å²) in [4.78, 5) is 27.0. The van der Waals surface area contributed by atoms with Crippen molar-refractivity contribution >= 4 is 29.9 Å². The molecule has 26 heavy (non-hydrogen) atoms. The first-order valence-electron chi connectivity index (χ1n) is 9.00. The van der Waals surface area contributed by atoms with E-state index < -0.39 is 0 Å². The molecule has 6 nitrogen and oxygen atoms in total. The number of anilines is 1. The number of halogens is 1. The molecule has 1 fully saturated rings. The standard InChI is InChI=1S/C19H29N3O3.ClH/c1-4-11-22(19(24)15-9-10-20-14(2)12-15)13-18(23)21-16-7-5-6-8-17(16)25-3;/h5-8,14-15,20H,4,9-13H2,1-3H3,(H,21,23);1H/t14-,15-;/m0./s1. The first-order chi connectivity index (χ1) is 12.0. The lowest BCUT2D eigenvalue weighted by atomic mass is 9.92. The molecule has 1 aliphatic rings. The van der Waals surface area contributed by atoms with Crippen LogP contribution in [-0.2, 0) is 9.59 Å². The molecular weight excluding hydrogens is 354 g/mol. The maximum absolute atomic E-state index is 12.8. The molecule has 1 aromatic rings. The second-order valence-electron chi connectivity index (χ2n) is 6.58. The zero-order chi connectivity index (χ0) is 18.2. The van der Waals surface area contributed by atoms with Crippen LogP contribution in [0.2, 0.25) is 0 Å². The van der Waals surface area contributed by atoms with Gasteiger partial charge in [-0.3, -0.25) is 9.59 Å². The number of hydrogen-bond acceptors (Lipinski definition) is 4. The third-order valence-corrected chi connectivity index (χ3v) is 4.49. The number of piperidine rings is 1. The highest BCUT2D eigenvalue weighted by Gasteiger charge is 2.29. The van der Waals surface area contributed by atoms with E-state index in [0.717, 1.165) is 25.8 Å². The molecule has 0 unspecified atom stereocenters. The number of methoxy groups -OCH3 is 1. The molecule has 0 radical (unpaired) electrons. The van der Waals surface area contributed by atoms with Crippen LogP contribution in [0.15, 0.2) is 24.3 Å². The summed E-state index contributed by atoms with van der Waals surface area (Å²) >= 11 is 0. The average Bonchev–Trinajstić information content (AvgIpc) is 2.61. The van der Waals surface area contributed by atoms with Crippen molar-refractivity contribution in [2.45, 2.75) is 39.2 Å². The number of hydrogen-bond donors (Lipinski definition) is 2. The number of carbonyl (C=O) groups excluding carboxylic acids is 2. The van der Waals surface area contributed by atoms with E-state index in [1.165, 1.54) is 0 Å². The van der Waals surface area contributed by atoms with Crippen molar-refractivity contribution in [2.75, 3.05) is 32.1 Å². The van der Waals surface area contributed by atoms with E-state index in [0.29, 0.717) is 24.0 Å². The molecular formula is C19H30ClN3O3. The largest absolute Gasteiger partial charge is 0.495 e. The van der Waals surface area contributed by atoms with Crippen LogP contribution < -0.4 is 15.4 Å². The Labute approximate surface area is 162 Å². The molecule has 1 aromatic carbocycles. The Morgan fingerprint density at radius 1 is 1.35 bits per heavy atom. The summed E-state index contributed by atoms with van der Waals surface area (Å²) in [5.74, 6) is 0.497. The van der Waals surface area contributed by atoms with Crippen molar-refractivity contribution in [2.24, 2.45) is 5.92 Å². The van der Waals surface area contributed by atoms with Crippen LogP contribution >= 0.6 is 12.4 Å². The zero-order valence-corrected chi connectivity index (χ0v) is 16.6. The van der Waals surface area contributed by atoms with Crippen molar-refractivity contribution in [3.05, 3.63) is 24.3 Å². The van der Waals surface area contributed by atoms with Crippen LogP contribution in [0.1, 0.15) is 33.1 Å². The van der Waals surface area contributed by atoms with Gasteiger partial charge in [0.25, 0.3) is 0 Å². The molecule has 1 heterocycles. The maximum atomic E-state index is 12.8. The third-order valence-electron chi connectivity index (χ3n) is 4.49. The molecule has 0 bridgehead atoms. The van der Waals surface area contributed by atoms with Crippen molar-refractivity contribution in [1.29, 1.82) is 0 Å². The molecule has 2 atom stereocenters. The van der Waals surface area contributed by atoms with Crippen LogP contribution in [0.5, 0.6) is 5.75 Å². The van der Waals surface area contributed by atoms with Crippen molar-refractivity contribution in [3.63, 3.8) is 0 Å². The SMILES string of the molecule is CCCN(CC(=O)Nc1ccccc1OC)C(=O)[C@H]1CCN[C@@H](C)C1.Cl. The second-order valence-corrected chi connectivity index (χ2v) is 6.58. The van der Waals surface area contributed by atoms with Gasteiger partial charge in [0, 0.05) is 18.5 Å². The topological polar surface area (TPSA) is 70.7 Å². The first-order valence-corrected chi connectivity index (χ1v) is 9.00. The first kappa shape index (κ1) is 22.3. The number of carbonyl (C=O) groups is 2. The zero-order valence-electron chi connectivity index (χ0n) is 15.8. The van der Waals surface area contributed by atoms with Gasteiger partial charge in [0.2, 0.25) is 11.8 Å². The maximum Gasteiger partial charge on any atom is 0.244 e. The fourth-order valence-electron chi connectivity index (χ4n) is 3.26. The summed E-state index contributed by atoms with van der Waals surface area (Å²) in [7, 11) is 1.57. The Morgan fingerprint density at radius 2 is 2.08 bits per heavy atom. The van der Waals surface area contributed by atoms with E-state index in [2.05, 4.69) is 17.6 Å². The smallest absolute Gasteiger partial charge is 0.244 e. The lowest BCUT2D eigenvalue weighted by Gasteiger charge is -2.31. The highest BCUT2D eigenvalue weighted by atomic mass is 35.5. The number of nitrogens with one attached hydrogen (secondary N) is 2. The minimum absolute atomic E-state index is 0. The summed E-state index contributed by atoms with van der Waals surface area (Å²) in [6.07, 6.45) is 2.49. The molecule has 0 saturated carbocycles. The summed E-state index contributed by atoms with van der Waals surface area (Å²) in [5, 5.41) is 6.21. The molecule has 146 valence electrons. The van der Waals surface area contributed by atoms with Gasteiger partial charge in [0.05, 0.1) is 19.3 Å². The van der Waals surface area contributed by atoms with Crippen molar-refractivity contribution in [1.82, 2.24) is 10.2 Å². The van der Waals surface area contributed by atoms with Crippen molar-refractivity contribution < 1.29 is 14.3 Å². The van der Waals surface area contributed by atoms with Gasteiger partial charge in [-0.2, -0.15) is 0 Å². The molecule has 1 aliphatic heterocycles. The summed E-state index contributed by atoms with van der Waals surface area (Å²) in [5.41, 5.74) is 0.620. The number of nitrogens with zero attached hydrogens (tertiary/aromatic N) is 1. The lowest BCUT2D eigenvalue weighted by molar-refractivity contribution is -0.139. The van der Waals surface area contributed by atoms with Gasteiger partial charge in [-0.15, -0.1) is 12.4 Å². The van der Waals surface area contributed by atoms with Crippen LogP contribution in [0.25, 0.3) is 0 Å². The molecule has 2 rings (SSSR count). The molecule has 2 N–H and O–H groups in total. The minimum atomic E-state index is -0.201. The van der Waals surface area contributed by atoms with E-state index >= 15 is 0 Å². The number of para-hydroxylation sites is 2.